The van der Waals surface area contributed by atoms with Crippen LogP contribution in [0.25, 0.3) is 5.65 Å². The number of amides is 1. The van der Waals surface area contributed by atoms with Gasteiger partial charge in [-0.2, -0.15) is 0 Å². The van der Waals surface area contributed by atoms with Crippen molar-refractivity contribution < 1.29 is 13.2 Å². The highest BCUT2D eigenvalue weighted by atomic mass is 32.2. The number of sulfonamides is 1. The molecular formula is C16H23N5O4S. The highest BCUT2D eigenvalue weighted by Crippen LogP contribution is 2.20. The molecule has 0 aliphatic carbocycles. The standard InChI is InChI=1S/C16H23N5O4S/c1-10-8-14-18-13(9-15(22)21(14)19-10)11(2)17-16(23)12-4-6-20(7-5-12)26(3,24)25/h8-9,11-12,19H,4-7H2,1-3H3,(H,17,23). The van der Waals surface area contributed by atoms with E-state index in [0.29, 0.717) is 37.3 Å². The summed E-state index contributed by atoms with van der Waals surface area (Å²) in [5.41, 5.74) is 1.59. The summed E-state index contributed by atoms with van der Waals surface area (Å²) in [5.74, 6) is -0.382. The Bertz CT molecular complexity index is 986. The van der Waals surface area contributed by atoms with Crippen LogP contribution in [-0.2, 0) is 14.8 Å². The molecule has 1 atom stereocenters. The Morgan fingerprint density at radius 1 is 1.35 bits per heavy atom. The number of piperidine rings is 1. The fourth-order valence-electron chi connectivity index (χ4n) is 3.21. The van der Waals surface area contributed by atoms with Crippen molar-refractivity contribution in [1.82, 2.24) is 24.2 Å². The van der Waals surface area contributed by atoms with Gasteiger partial charge in [-0.25, -0.2) is 22.2 Å². The van der Waals surface area contributed by atoms with Crippen LogP contribution in [0.2, 0.25) is 0 Å². The van der Waals surface area contributed by atoms with Crippen LogP contribution in [0.5, 0.6) is 0 Å². The summed E-state index contributed by atoms with van der Waals surface area (Å²) in [6.45, 7) is 4.31. The molecule has 1 unspecified atom stereocenters. The van der Waals surface area contributed by atoms with Crippen LogP contribution in [0.3, 0.4) is 0 Å². The highest BCUT2D eigenvalue weighted by molar-refractivity contribution is 7.88. The van der Waals surface area contributed by atoms with Gasteiger partial charge in [-0.05, 0) is 26.7 Å². The first-order valence-electron chi connectivity index (χ1n) is 8.50. The van der Waals surface area contributed by atoms with Crippen LogP contribution in [0.1, 0.15) is 37.2 Å². The summed E-state index contributed by atoms with van der Waals surface area (Å²) in [4.78, 5) is 29.1. The highest BCUT2D eigenvalue weighted by Gasteiger charge is 2.29. The number of fused-ring (bicyclic) bond motifs is 1. The van der Waals surface area contributed by atoms with Crippen LogP contribution in [0, 0.1) is 12.8 Å². The first kappa shape index (κ1) is 18.6. The van der Waals surface area contributed by atoms with E-state index in [4.69, 9.17) is 0 Å². The van der Waals surface area contributed by atoms with E-state index < -0.39 is 16.1 Å². The lowest BCUT2D eigenvalue weighted by molar-refractivity contribution is -0.126. The van der Waals surface area contributed by atoms with Gasteiger partial charge >= 0.3 is 0 Å². The van der Waals surface area contributed by atoms with E-state index in [0.717, 1.165) is 5.69 Å². The van der Waals surface area contributed by atoms with Gasteiger partial charge in [-0.1, -0.05) is 0 Å². The molecule has 3 rings (SSSR count). The molecule has 0 radical (unpaired) electrons. The molecule has 1 fully saturated rings. The fraction of sp³-hybridized carbons (Fsp3) is 0.562. The molecule has 1 saturated heterocycles. The molecule has 9 nitrogen and oxygen atoms in total. The molecule has 2 N–H and O–H groups in total. The number of hydrogen-bond acceptors (Lipinski definition) is 5. The Kier molecular flexibility index (Phi) is 4.89. The normalized spacial score (nSPS) is 18.1. The van der Waals surface area contributed by atoms with Crippen molar-refractivity contribution >= 4 is 21.6 Å². The molecule has 2 aromatic rings. The van der Waals surface area contributed by atoms with Crippen molar-refractivity contribution in [3.63, 3.8) is 0 Å². The molecule has 26 heavy (non-hydrogen) atoms. The minimum absolute atomic E-state index is 0.141. The summed E-state index contributed by atoms with van der Waals surface area (Å²) >= 11 is 0. The zero-order chi connectivity index (χ0) is 19.1. The molecule has 142 valence electrons. The van der Waals surface area contributed by atoms with Gasteiger partial charge in [0.25, 0.3) is 5.56 Å². The first-order valence-corrected chi connectivity index (χ1v) is 10.3. The minimum atomic E-state index is -3.21. The SMILES string of the molecule is Cc1cc2nc(C(C)NC(=O)C3CCN(S(C)(=O)=O)CC3)cc(=O)n2[nH]1. The lowest BCUT2D eigenvalue weighted by Gasteiger charge is -2.30. The number of H-pyrrole nitrogens is 1. The van der Waals surface area contributed by atoms with Crippen LogP contribution in [-0.4, -0.2) is 52.6 Å². The van der Waals surface area contributed by atoms with Crippen molar-refractivity contribution in [3.05, 3.63) is 33.9 Å². The van der Waals surface area contributed by atoms with Gasteiger partial charge in [0.1, 0.15) is 0 Å². The summed E-state index contributed by atoms with van der Waals surface area (Å²) < 4.78 is 25.8. The molecule has 1 aliphatic rings. The smallest absolute Gasteiger partial charge is 0.272 e. The Labute approximate surface area is 151 Å². The van der Waals surface area contributed by atoms with Gasteiger partial charge in [0, 0.05) is 36.8 Å². The maximum absolute atomic E-state index is 12.5. The minimum Gasteiger partial charge on any atom is -0.348 e. The Balaban J connectivity index is 1.67. The van der Waals surface area contributed by atoms with Crippen LogP contribution in [0.4, 0.5) is 0 Å². The van der Waals surface area contributed by atoms with Crippen molar-refractivity contribution in [2.24, 2.45) is 5.92 Å². The van der Waals surface area contributed by atoms with Crippen LogP contribution in [0.15, 0.2) is 16.9 Å². The summed E-state index contributed by atoms with van der Waals surface area (Å²) in [6, 6.07) is 2.75. The van der Waals surface area contributed by atoms with E-state index in [1.165, 1.54) is 21.1 Å². The van der Waals surface area contributed by atoms with Crippen molar-refractivity contribution in [2.45, 2.75) is 32.7 Å². The van der Waals surface area contributed by atoms with E-state index >= 15 is 0 Å². The van der Waals surface area contributed by atoms with E-state index in [-0.39, 0.29) is 17.4 Å². The van der Waals surface area contributed by atoms with E-state index in [1.807, 2.05) is 6.92 Å². The molecule has 1 aliphatic heterocycles. The predicted molar refractivity (Wildman–Crippen MR) is 96.2 cm³/mol. The number of rotatable bonds is 4. The second-order valence-corrected chi connectivity index (χ2v) is 8.80. The zero-order valence-corrected chi connectivity index (χ0v) is 15.8. The number of hydrogen-bond donors (Lipinski definition) is 2. The van der Waals surface area contributed by atoms with Gasteiger partial charge in [-0.15, -0.1) is 0 Å². The second kappa shape index (κ2) is 6.84. The Morgan fingerprint density at radius 3 is 2.62 bits per heavy atom. The van der Waals surface area contributed by atoms with Gasteiger partial charge in [0.2, 0.25) is 15.9 Å². The predicted octanol–water partition coefficient (Wildman–Crippen LogP) is 0.180. The summed E-state index contributed by atoms with van der Waals surface area (Å²) in [6.07, 6.45) is 2.15. The van der Waals surface area contributed by atoms with E-state index in [2.05, 4.69) is 15.4 Å². The molecule has 0 aromatic carbocycles. The van der Waals surface area contributed by atoms with E-state index in [1.54, 1.807) is 13.0 Å². The summed E-state index contributed by atoms with van der Waals surface area (Å²) in [5, 5.41) is 5.79. The topological polar surface area (TPSA) is 117 Å². The lowest BCUT2D eigenvalue weighted by atomic mass is 9.97. The van der Waals surface area contributed by atoms with Crippen LogP contribution < -0.4 is 10.9 Å². The molecule has 2 aromatic heterocycles. The molecule has 3 heterocycles. The molecule has 0 saturated carbocycles. The van der Waals surface area contributed by atoms with Crippen LogP contribution >= 0.6 is 0 Å². The summed E-state index contributed by atoms with van der Waals surface area (Å²) in [7, 11) is -3.21. The van der Waals surface area contributed by atoms with Gasteiger partial charge in [0.15, 0.2) is 5.65 Å². The van der Waals surface area contributed by atoms with Gasteiger partial charge in [-0.3, -0.25) is 14.7 Å². The van der Waals surface area contributed by atoms with Gasteiger partial charge in [0.05, 0.1) is 18.0 Å². The lowest BCUT2D eigenvalue weighted by Crippen LogP contribution is -2.43. The number of carbonyl (C=O) groups is 1. The molecular weight excluding hydrogens is 358 g/mol. The zero-order valence-electron chi connectivity index (χ0n) is 15.0. The third-order valence-electron chi connectivity index (χ3n) is 4.69. The average molecular weight is 381 g/mol. The molecule has 0 bridgehead atoms. The third kappa shape index (κ3) is 3.80. The largest absolute Gasteiger partial charge is 0.348 e. The number of aromatic amines is 1. The molecule has 0 spiro atoms. The number of aromatic nitrogens is 3. The first-order chi connectivity index (χ1) is 12.1. The second-order valence-electron chi connectivity index (χ2n) is 6.82. The maximum atomic E-state index is 12.5. The number of nitrogens with zero attached hydrogens (tertiary/aromatic N) is 3. The molecule has 1 amide bonds. The number of carbonyl (C=O) groups excluding carboxylic acids is 1. The fourth-order valence-corrected chi connectivity index (χ4v) is 4.08. The third-order valence-corrected chi connectivity index (χ3v) is 6.00. The molecule has 10 heteroatoms. The van der Waals surface area contributed by atoms with Crippen molar-refractivity contribution in [3.8, 4) is 0 Å². The van der Waals surface area contributed by atoms with E-state index in [9.17, 15) is 18.0 Å². The average Bonchev–Trinajstić information content (AvgIpc) is 2.95. The van der Waals surface area contributed by atoms with Crippen molar-refractivity contribution in [2.75, 3.05) is 19.3 Å². The maximum Gasteiger partial charge on any atom is 0.272 e. The van der Waals surface area contributed by atoms with Gasteiger partial charge < -0.3 is 5.32 Å². The van der Waals surface area contributed by atoms with Crippen molar-refractivity contribution in [1.29, 1.82) is 0 Å². The monoisotopic (exact) mass is 381 g/mol. The Hall–Kier alpha value is -2.20. The number of aryl methyl sites for hydroxylation is 1. The number of nitrogens with one attached hydrogen (secondary N) is 2. The quantitative estimate of drug-likeness (QED) is 0.784. The Morgan fingerprint density at radius 2 is 2.00 bits per heavy atom.